The average molecular weight is 295 g/mol. The lowest BCUT2D eigenvalue weighted by atomic mass is 9.98. The van der Waals surface area contributed by atoms with Crippen LogP contribution in [-0.2, 0) is 4.74 Å². The van der Waals surface area contributed by atoms with Crippen LogP contribution in [-0.4, -0.2) is 49.2 Å². The number of aromatic nitrogens is 3. The second kappa shape index (κ2) is 4.73. The molecule has 2 N–H and O–H groups in total. The molecule has 0 amide bonds. The topological polar surface area (TPSA) is 80.4 Å². The summed E-state index contributed by atoms with van der Waals surface area (Å²) in [5.41, 5.74) is -1.85. The number of hydrogen-bond donors (Lipinski definition) is 2. The fourth-order valence-electron chi connectivity index (χ4n) is 2.36. The molecule has 110 valence electrons. The number of imidazole rings is 1. The molecule has 3 rings (SSSR count). The molecule has 2 aromatic rings. The summed E-state index contributed by atoms with van der Waals surface area (Å²) in [7, 11) is 0. The molecule has 1 aliphatic heterocycles. The minimum Gasteiger partial charge on any atom is -0.392 e. The Kier molecular flexibility index (Phi) is 3.13. The molecule has 1 aliphatic rings. The van der Waals surface area contributed by atoms with Crippen LogP contribution in [0.1, 0.15) is 6.23 Å². The molecule has 0 aliphatic carbocycles. The summed E-state index contributed by atoms with van der Waals surface area (Å²) in [6.45, 7) is -0.754. The van der Waals surface area contributed by atoms with E-state index in [4.69, 9.17) is 11.2 Å². The van der Waals surface area contributed by atoms with E-state index < -0.39 is 36.5 Å². The number of aliphatic hydroxyl groups is 2. The van der Waals surface area contributed by atoms with Crippen LogP contribution in [0.4, 0.5) is 8.78 Å². The van der Waals surface area contributed by atoms with Gasteiger partial charge in [0, 0.05) is 6.20 Å². The molecule has 3 heterocycles. The van der Waals surface area contributed by atoms with Gasteiger partial charge < -0.3 is 14.9 Å². The Morgan fingerprint density at radius 2 is 2.29 bits per heavy atom. The zero-order valence-electron chi connectivity index (χ0n) is 10.6. The first-order valence-corrected chi connectivity index (χ1v) is 6.09. The maximum Gasteiger partial charge on any atom is 0.182 e. The highest BCUT2D eigenvalue weighted by atomic mass is 19.1. The molecule has 0 saturated carbocycles. The number of ether oxygens (including phenoxy) is 1. The molecule has 1 fully saturated rings. The van der Waals surface area contributed by atoms with Gasteiger partial charge in [0.05, 0.1) is 12.9 Å². The molecule has 4 atom stereocenters. The summed E-state index contributed by atoms with van der Waals surface area (Å²) in [6, 6.07) is 1.12. The van der Waals surface area contributed by atoms with Gasteiger partial charge in [-0.2, -0.15) is 0 Å². The number of nitrogens with zero attached hydrogens (tertiary/aromatic N) is 3. The van der Waals surface area contributed by atoms with Crippen molar-refractivity contribution in [2.45, 2.75) is 24.1 Å². The van der Waals surface area contributed by atoms with E-state index in [0.717, 1.165) is 17.0 Å². The highest BCUT2D eigenvalue weighted by molar-refractivity contribution is 5.71. The van der Waals surface area contributed by atoms with Crippen molar-refractivity contribution in [1.82, 2.24) is 14.5 Å². The van der Waals surface area contributed by atoms with Crippen LogP contribution in [0.3, 0.4) is 0 Å². The molecule has 0 radical (unpaired) electrons. The van der Waals surface area contributed by atoms with E-state index in [2.05, 4.69) is 15.9 Å². The zero-order chi connectivity index (χ0) is 15.2. The summed E-state index contributed by atoms with van der Waals surface area (Å²) in [5.74, 6) is 1.46. The van der Waals surface area contributed by atoms with Crippen LogP contribution in [0, 0.1) is 18.2 Å². The highest BCUT2D eigenvalue weighted by Gasteiger charge is 2.55. The van der Waals surface area contributed by atoms with Crippen LogP contribution >= 0.6 is 0 Å². The second-order valence-corrected chi connectivity index (χ2v) is 4.71. The molecule has 0 spiro atoms. The summed E-state index contributed by atoms with van der Waals surface area (Å²) >= 11 is 0. The molecule has 0 bridgehead atoms. The van der Waals surface area contributed by atoms with E-state index in [9.17, 15) is 19.0 Å². The highest BCUT2D eigenvalue weighted by Crippen LogP contribution is 2.39. The van der Waals surface area contributed by atoms with Crippen molar-refractivity contribution in [2.24, 2.45) is 0 Å². The molecular weight excluding hydrogens is 284 g/mol. The number of pyridine rings is 1. The van der Waals surface area contributed by atoms with E-state index in [-0.39, 0.29) is 11.2 Å². The second-order valence-electron chi connectivity index (χ2n) is 4.71. The van der Waals surface area contributed by atoms with Gasteiger partial charge >= 0.3 is 0 Å². The minimum absolute atomic E-state index is 0.0509. The molecule has 2 aromatic heterocycles. The molecule has 6 nitrogen and oxygen atoms in total. The third kappa shape index (κ3) is 1.82. The monoisotopic (exact) mass is 295 g/mol. The van der Waals surface area contributed by atoms with Crippen LogP contribution in [0.15, 0.2) is 18.6 Å². The van der Waals surface area contributed by atoms with E-state index in [0.29, 0.717) is 0 Å². The lowest BCUT2D eigenvalue weighted by molar-refractivity contribution is -0.0900. The van der Waals surface area contributed by atoms with Crippen molar-refractivity contribution in [1.29, 1.82) is 0 Å². The van der Waals surface area contributed by atoms with E-state index >= 15 is 0 Å². The van der Waals surface area contributed by atoms with Gasteiger partial charge in [-0.3, -0.25) is 4.57 Å². The number of hydrogen-bond acceptors (Lipinski definition) is 5. The number of fused-ring (bicyclic) bond motifs is 1. The zero-order valence-corrected chi connectivity index (χ0v) is 10.6. The average Bonchev–Trinajstić information content (AvgIpc) is 3.02. The Labute approximate surface area is 118 Å². The Morgan fingerprint density at radius 1 is 1.52 bits per heavy atom. The normalized spacial score (nSPS) is 32.4. The number of halogens is 2. The Bertz CT molecular complexity index is 729. The van der Waals surface area contributed by atoms with Gasteiger partial charge in [0.1, 0.15) is 11.6 Å². The van der Waals surface area contributed by atoms with Crippen molar-refractivity contribution in [2.75, 3.05) is 6.61 Å². The predicted octanol–water partition coefficient (Wildman–Crippen LogP) is 0.162. The molecule has 0 aromatic carbocycles. The van der Waals surface area contributed by atoms with Gasteiger partial charge in [-0.1, -0.05) is 5.92 Å². The number of alkyl halides is 1. The fraction of sp³-hybridized carbons (Fsp3) is 0.385. The SMILES string of the molecule is C#CC1(CO)OC(n2cnc3c(F)ccnc32)C(F)C1O. The summed E-state index contributed by atoms with van der Waals surface area (Å²) in [5, 5.41) is 19.2. The molecular formula is C13H11F2N3O3. The lowest BCUT2D eigenvalue weighted by Crippen LogP contribution is -2.44. The van der Waals surface area contributed by atoms with Gasteiger partial charge in [-0.15, -0.1) is 6.42 Å². The van der Waals surface area contributed by atoms with Crippen LogP contribution in [0.25, 0.3) is 11.2 Å². The summed E-state index contributed by atoms with van der Waals surface area (Å²) < 4.78 is 34.3. The first-order chi connectivity index (χ1) is 10.0. The van der Waals surface area contributed by atoms with Gasteiger partial charge in [0.25, 0.3) is 0 Å². The Morgan fingerprint density at radius 3 is 2.90 bits per heavy atom. The van der Waals surface area contributed by atoms with Crippen molar-refractivity contribution in [3.63, 3.8) is 0 Å². The van der Waals surface area contributed by atoms with Gasteiger partial charge in [-0.25, -0.2) is 18.7 Å². The van der Waals surface area contributed by atoms with Crippen molar-refractivity contribution < 1.29 is 23.7 Å². The first-order valence-electron chi connectivity index (χ1n) is 6.09. The first kappa shape index (κ1) is 13.9. The Balaban J connectivity index is 2.08. The molecule has 21 heavy (non-hydrogen) atoms. The van der Waals surface area contributed by atoms with Crippen LogP contribution in [0.2, 0.25) is 0 Å². The van der Waals surface area contributed by atoms with Crippen molar-refractivity contribution in [3.8, 4) is 12.3 Å². The van der Waals surface area contributed by atoms with Crippen molar-refractivity contribution in [3.05, 3.63) is 24.4 Å². The van der Waals surface area contributed by atoms with E-state index in [1.165, 1.54) is 6.20 Å². The van der Waals surface area contributed by atoms with Gasteiger partial charge in [0.15, 0.2) is 29.5 Å². The predicted molar refractivity (Wildman–Crippen MR) is 67.2 cm³/mol. The fourth-order valence-corrected chi connectivity index (χ4v) is 2.36. The molecule has 1 saturated heterocycles. The van der Waals surface area contributed by atoms with E-state index in [1.807, 2.05) is 0 Å². The van der Waals surface area contributed by atoms with Crippen LogP contribution < -0.4 is 0 Å². The van der Waals surface area contributed by atoms with E-state index in [1.54, 1.807) is 0 Å². The largest absolute Gasteiger partial charge is 0.392 e. The quantitative estimate of drug-likeness (QED) is 0.772. The summed E-state index contributed by atoms with van der Waals surface area (Å²) in [4.78, 5) is 7.73. The third-order valence-electron chi connectivity index (χ3n) is 3.55. The molecule has 8 heteroatoms. The maximum absolute atomic E-state index is 14.3. The number of terminal acetylenes is 1. The summed E-state index contributed by atoms with van der Waals surface area (Å²) in [6.07, 6.45) is 2.57. The third-order valence-corrected chi connectivity index (χ3v) is 3.55. The number of aliphatic hydroxyl groups excluding tert-OH is 2. The minimum atomic E-state index is -1.92. The van der Waals surface area contributed by atoms with Gasteiger partial charge in [0.2, 0.25) is 0 Å². The maximum atomic E-state index is 14.3. The molecule has 4 unspecified atom stereocenters. The van der Waals surface area contributed by atoms with Crippen LogP contribution in [0.5, 0.6) is 0 Å². The van der Waals surface area contributed by atoms with Gasteiger partial charge in [-0.05, 0) is 6.07 Å². The standard InChI is InChI=1S/C13H11F2N3O3/c1-2-13(5-19)10(20)8(15)12(21-13)18-6-17-9-7(14)3-4-16-11(9)18/h1,3-4,6,8,10,12,19-20H,5H2. The smallest absolute Gasteiger partial charge is 0.182 e. The number of rotatable bonds is 2. The van der Waals surface area contributed by atoms with Crippen molar-refractivity contribution >= 4 is 11.2 Å². The Hall–Kier alpha value is -2.08. The lowest BCUT2D eigenvalue weighted by Gasteiger charge is -2.23.